The van der Waals surface area contributed by atoms with Gasteiger partial charge in [-0.25, -0.2) is 4.79 Å². The number of carbonyl (C=O) groups is 3. The number of hydrogen-bond acceptors (Lipinski definition) is 7. The topological polar surface area (TPSA) is 112 Å². The van der Waals surface area contributed by atoms with Crippen molar-refractivity contribution < 1.29 is 33.3 Å². The number of amides is 2. The van der Waals surface area contributed by atoms with Crippen molar-refractivity contribution in [2.45, 2.75) is 13.8 Å². The molecule has 0 unspecified atom stereocenters. The number of hydrogen-bond donors (Lipinski definition) is 2. The van der Waals surface area contributed by atoms with Crippen molar-refractivity contribution >= 4 is 29.3 Å². The number of carbonyl (C=O) groups excluding carboxylic acids is 3. The van der Waals surface area contributed by atoms with Crippen LogP contribution in [0.1, 0.15) is 24.2 Å². The molecule has 0 heterocycles. The summed E-state index contributed by atoms with van der Waals surface area (Å²) in [5.74, 6) is 0.567. The van der Waals surface area contributed by atoms with Crippen molar-refractivity contribution in [3.05, 3.63) is 78.4 Å². The smallest absolute Gasteiger partial charge is 0.490 e. The fourth-order valence-corrected chi connectivity index (χ4v) is 2.98. The van der Waals surface area contributed by atoms with Crippen molar-refractivity contribution in [3.8, 4) is 17.2 Å². The van der Waals surface area contributed by atoms with Gasteiger partial charge < -0.3 is 29.6 Å². The second-order valence-corrected chi connectivity index (χ2v) is 7.06. The number of anilines is 2. The van der Waals surface area contributed by atoms with Crippen molar-refractivity contribution in [1.29, 1.82) is 0 Å². The molecule has 3 rings (SSSR count). The van der Waals surface area contributed by atoms with E-state index in [2.05, 4.69) is 10.6 Å². The van der Waals surface area contributed by atoms with Gasteiger partial charge in [-0.3, -0.25) is 9.59 Å². The quantitative estimate of drug-likeness (QED) is 0.315. The van der Waals surface area contributed by atoms with Crippen molar-refractivity contribution in [3.63, 3.8) is 0 Å². The average molecular weight is 479 g/mol. The minimum Gasteiger partial charge on any atom is -0.490 e. The molecule has 2 amide bonds. The van der Waals surface area contributed by atoms with Crippen molar-refractivity contribution in [1.82, 2.24) is 0 Å². The van der Waals surface area contributed by atoms with Crippen LogP contribution in [0.2, 0.25) is 0 Å². The van der Waals surface area contributed by atoms with Gasteiger partial charge in [-0.1, -0.05) is 18.2 Å². The molecule has 2 N–H and O–H groups in total. The molecule has 9 heteroatoms. The molecule has 3 aromatic rings. The number of ether oxygens (including phenoxy) is 4. The van der Waals surface area contributed by atoms with Crippen LogP contribution in [0.3, 0.4) is 0 Å². The van der Waals surface area contributed by atoms with Gasteiger partial charge in [0.1, 0.15) is 5.75 Å². The van der Waals surface area contributed by atoms with E-state index in [0.29, 0.717) is 35.0 Å². The summed E-state index contributed by atoms with van der Waals surface area (Å²) in [6.45, 7) is 4.02. The van der Waals surface area contributed by atoms with Crippen LogP contribution in [0.5, 0.6) is 17.2 Å². The molecular weight excluding hydrogens is 452 g/mol. The molecule has 0 spiro atoms. The summed E-state index contributed by atoms with van der Waals surface area (Å²) in [7, 11) is 0. The van der Waals surface area contributed by atoms with E-state index in [1.165, 1.54) is 24.3 Å². The molecule has 0 radical (unpaired) electrons. The molecule has 0 aliphatic heterocycles. The lowest BCUT2D eigenvalue weighted by Crippen LogP contribution is -2.20. The van der Waals surface area contributed by atoms with Gasteiger partial charge in [0.05, 0.1) is 13.2 Å². The zero-order valence-corrected chi connectivity index (χ0v) is 19.4. The first kappa shape index (κ1) is 25.1. The average Bonchev–Trinajstić information content (AvgIpc) is 2.84. The zero-order chi connectivity index (χ0) is 25.0. The Kier molecular flexibility index (Phi) is 9.07. The number of nitrogens with one attached hydrogen (secondary N) is 2. The molecular formula is C26H26N2O7. The Labute approximate surface area is 203 Å². The van der Waals surface area contributed by atoms with Gasteiger partial charge in [-0.2, -0.15) is 0 Å². The lowest BCUT2D eigenvalue weighted by Gasteiger charge is -2.12. The summed E-state index contributed by atoms with van der Waals surface area (Å²) in [6, 6.07) is 19.9. The van der Waals surface area contributed by atoms with Crippen LogP contribution >= 0.6 is 0 Å². The van der Waals surface area contributed by atoms with Crippen LogP contribution in [0.25, 0.3) is 0 Å². The fraction of sp³-hybridized carbons (Fsp3) is 0.192. The Balaban J connectivity index is 1.54. The lowest BCUT2D eigenvalue weighted by atomic mass is 10.2. The molecule has 9 nitrogen and oxygen atoms in total. The Morgan fingerprint density at radius 1 is 0.743 bits per heavy atom. The second-order valence-electron chi connectivity index (χ2n) is 7.06. The van der Waals surface area contributed by atoms with Gasteiger partial charge in [0, 0.05) is 16.9 Å². The summed E-state index contributed by atoms with van der Waals surface area (Å²) in [5, 5.41) is 5.50. The summed E-state index contributed by atoms with van der Waals surface area (Å²) >= 11 is 0. The Bertz CT molecular complexity index is 1160. The van der Waals surface area contributed by atoms with Gasteiger partial charge in [0.15, 0.2) is 18.1 Å². The predicted molar refractivity (Wildman–Crippen MR) is 130 cm³/mol. The van der Waals surface area contributed by atoms with E-state index in [1.807, 2.05) is 13.0 Å². The normalized spacial score (nSPS) is 10.1. The molecule has 0 saturated heterocycles. The molecule has 0 fully saturated rings. The standard InChI is InChI=1S/C26H26N2O7/c1-3-32-22-10-5-6-11-23(22)34-17-24(29)27-19-8-7-9-20(16-19)28-25(30)18-12-14-21(15-13-18)35-26(31)33-4-2/h5-16H,3-4,17H2,1-2H3,(H,27,29)(H,28,30). The van der Waals surface area contributed by atoms with Gasteiger partial charge in [-0.15, -0.1) is 0 Å². The third-order valence-electron chi connectivity index (χ3n) is 4.49. The maximum absolute atomic E-state index is 12.6. The Morgan fingerprint density at radius 3 is 2.06 bits per heavy atom. The van der Waals surface area contributed by atoms with Crippen LogP contribution in [-0.2, 0) is 9.53 Å². The van der Waals surface area contributed by atoms with Gasteiger partial charge >= 0.3 is 6.16 Å². The molecule has 0 aromatic heterocycles. The van der Waals surface area contributed by atoms with Gasteiger partial charge in [0.2, 0.25) is 0 Å². The summed E-state index contributed by atoms with van der Waals surface area (Å²) < 4.78 is 20.7. The molecule has 0 saturated carbocycles. The van der Waals surface area contributed by atoms with Gasteiger partial charge in [-0.05, 0) is 68.4 Å². The minimum atomic E-state index is -0.813. The van der Waals surface area contributed by atoms with Crippen LogP contribution in [0.15, 0.2) is 72.8 Å². The van der Waals surface area contributed by atoms with E-state index in [9.17, 15) is 14.4 Å². The first-order chi connectivity index (χ1) is 17.0. The van der Waals surface area contributed by atoms with E-state index < -0.39 is 6.16 Å². The molecule has 0 aliphatic carbocycles. The maximum atomic E-state index is 12.6. The van der Waals surface area contributed by atoms with E-state index in [1.54, 1.807) is 49.4 Å². The van der Waals surface area contributed by atoms with Crippen LogP contribution in [0, 0.1) is 0 Å². The highest BCUT2D eigenvalue weighted by molar-refractivity contribution is 6.04. The summed E-state index contributed by atoms with van der Waals surface area (Å²) in [5.41, 5.74) is 1.34. The van der Waals surface area contributed by atoms with E-state index in [-0.39, 0.29) is 30.8 Å². The third-order valence-corrected chi connectivity index (χ3v) is 4.49. The van der Waals surface area contributed by atoms with Crippen molar-refractivity contribution in [2.75, 3.05) is 30.5 Å². The van der Waals surface area contributed by atoms with Crippen molar-refractivity contribution in [2.24, 2.45) is 0 Å². The molecule has 182 valence electrons. The maximum Gasteiger partial charge on any atom is 0.513 e. The Hall–Kier alpha value is -4.53. The largest absolute Gasteiger partial charge is 0.513 e. The van der Waals surface area contributed by atoms with E-state index >= 15 is 0 Å². The molecule has 0 aliphatic rings. The molecule has 0 bridgehead atoms. The molecule has 0 atom stereocenters. The number of para-hydroxylation sites is 2. The highest BCUT2D eigenvalue weighted by Gasteiger charge is 2.11. The highest BCUT2D eigenvalue weighted by atomic mass is 16.7. The second kappa shape index (κ2) is 12.6. The zero-order valence-electron chi connectivity index (χ0n) is 19.4. The van der Waals surface area contributed by atoms with E-state index in [0.717, 1.165) is 0 Å². The highest BCUT2D eigenvalue weighted by Crippen LogP contribution is 2.26. The predicted octanol–water partition coefficient (Wildman–Crippen LogP) is 4.89. The third kappa shape index (κ3) is 7.78. The minimum absolute atomic E-state index is 0.202. The van der Waals surface area contributed by atoms with Gasteiger partial charge in [0.25, 0.3) is 11.8 Å². The summed E-state index contributed by atoms with van der Waals surface area (Å²) in [4.78, 5) is 36.3. The first-order valence-electron chi connectivity index (χ1n) is 11.0. The summed E-state index contributed by atoms with van der Waals surface area (Å²) in [6.07, 6.45) is -0.813. The first-order valence-corrected chi connectivity index (χ1v) is 11.0. The number of benzene rings is 3. The lowest BCUT2D eigenvalue weighted by molar-refractivity contribution is -0.118. The fourth-order valence-electron chi connectivity index (χ4n) is 2.98. The van der Waals surface area contributed by atoms with Crippen LogP contribution in [0.4, 0.5) is 16.2 Å². The van der Waals surface area contributed by atoms with Crippen LogP contribution in [-0.4, -0.2) is 37.8 Å². The molecule has 35 heavy (non-hydrogen) atoms. The van der Waals surface area contributed by atoms with Crippen LogP contribution < -0.4 is 24.8 Å². The van der Waals surface area contributed by atoms with E-state index in [4.69, 9.17) is 18.9 Å². The SMILES string of the molecule is CCOC(=O)Oc1ccc(C(=O)Nc2cccc(NC(=O)COc3ccccc3OCC)c2)cc1. The number of rotatable bonds is 10. The Morgan fingerprint density at radius 2 is 1.40 bits per heavy atom. The monoisotopic (exact) mass is 478 g/mol. The molecule has 3 aromatic carbocycles.